The molecular weight excluding hydrogens is 208 g/mol. The van der Waals surface area contributed by atoms with Crippen molar-refractivity contribution in [2.45, 2.75) is 12.3 Å². The maximum atomic E-state index is 9.03. The van der Waals surface area contributed by atoms with Gasteiger partial charge in [0.15, 0.2) is 5.41 Å². The van der Waals surface area contributed by atoms with Crippen LogP contribution in [-0.4, -0.2) is 0 Å². The van der Waals surface area contributed by atoms with Crippen LogP contribution in [-0.2, 0) is 0 Å². The van der Waals surface area contributed by atoms with E-state index in [0.717, 1.165) is 5.56 Å². The third-order valence-electron chi connectivity index (χ3n) is 3.54. The van der Waals surface area contributed by atoms with E-state index in [1.54, 1.807) is 0 Å². The molecule has 0 saturated heterocycles. The van der Waals surface area contributed by atoms with Gasteiger partial charge in [0.05, 0.1) is 12.1 Å². The van der Waals surface area contributed by atoms with E-state index in [9.17, 15) is 0 Å². The minimum atomic E-state index is -0.775. The maximum Gasteiger partial charge on any atom is 0.151 e. The molecule has 0 radical (unpaired) electrons. The molecular formula is C15H10N2. The van der Waals surface area contributed by atoms with Crippen LogP contribution in [0.1, 0.15) is 17.9 Å². The van der Waals surface area contributed by atoms with Crippen molar-refractivity contribution in [3.8, 4) is 12.1 Å². The van der Waals surface area contributed by atoms with E-state index < -0.39 is 5.41 Å². The molecule has 1 atom stereocenters. The number of hydrogen-bond acceptors (Lipinski definition) is 2. The highest BCUT2D eigenvalue weighted by Crippen LogP contribution is 2.58. The number of hydrogen-bond donors (Lipinski definition) is 0. The van der Waals surface area contributed by atoms with Crippen molar-refractivity contribution in [2.75, 3.05) is 0 Å². The molecule has 0 N–H and O–H groups in total. The molecule has 3 rings (SSSR count). The van der Waals surface area contributed by atoms with Gasteiger partial charge < -0.3 is 0 Å². The third-order valence-corrected chi connectivity index (χ3v) is 3.54. The standard InChI is InChI=1S/C15H10N2/c16-9-15(10-17)8-14(15)13-6-5-11-3-1-2-4-12(11)7-13/h1-7,14H,8H2/t14-/m0/s1. The van der Waals surface area contributed by atoms with Crippen molar-refractivity contribution in [1.82, 2.24) is 0 Å². The van der Waals surface area contributed by atoms with Crippen molar-refractivity contribution < 1.29 is 0 Å². The molecule has 0 spiro atoms. The molecule has 1 saturated carbocycles. The normalized spacial score (nSPS) is 20.5. The van der Waals surface area contributed by atoms with Crippen LogP contribution in [0.15, 0.2) is 42.5 Å². The molecule has 2 aromatic rings. The Morgan fingerprint density at radius 1 is 1.00 bits per heavy atom. The van der Waals surface area contributed by atoms with Gasteiger partial charge in [0.2, 0.25) is 0 Å². The lowest BCUT2D eigenvalue weighted by Crippen LogP contribution is -1.95. The second-order valence-corrected chi connectivity index (χ2v) is 4.56. The summed E-state index contributed by atoms with van der Waals surface area (Å²) in [5.41, 5.74) is 0.328. The number of nitriles is 2. The van der Waals surface area contributed by atoms with Gasteiger partial charge in [-0.1, -0.05) is 42.5 Å². The van der Waals surface area contributed by atoms with Gasteiger partial charge in [-0.3, -0.25) is 0 Å². The Hall–Kier alpha value is -2.32. The highest BCUT2D eigenvalue weighted by Gasteiger charge is 2.56. The summed E-state index contributed by atoms with van der Waals surface area (Å²) in [6.07, 6.45) is 0.665. The molecule has 1 aliphatic carbocycles. The summed E-state index contributed by atoms with van der Waals surface area (Å²) in [6, 6.07) is 18.6. The molecule has 0 heterocycles. The summed E-state index contributed by atoms with van der Waals surface area (Å²) in [7, 11) is 0. The summed E-state index contributed by atoms with van der Waals surface area (Å²) in [4.78, 5) is 0. The second kappa shape index (κ2) is 3.34. The topological polar surface area (TPSA) is 47.6 Å². The van der Waals surface area contributed by atoms with Gasteiger partial charge in [-0.05, 0) is 22.8 Å². The predicted octanol–water partition coefficient (Wildman–Crippen LogP) is 3.36. The summed E-state index contributed by atoms with van der Waals surface area (Å²) in [5.74, 6) is 0.0853. The van der Waals surface area contributed by atoms with Gasteiger partial charge in [-0.2, -0.15) is 10.5 Å². The van der Waals surface area contributed by atoms with Crippen LogP contribution in [0.5, 0.6) is 0 Å². The van der Waals surface area contributed by atoms with E-state index in [-0.39, 0.29) is 5.92 Å². The fraction of sp³-hybridized carbons (Fsp3) is 0.200. The van der Waals surface area contributed by atoms with E-state index in [1.807, 2.05) is 18.2 Å². The number of benzene rings is 2. The van der Waals surface area contributed by atoms with Crippen molar-refractivity contribution >= 4 is 10.8 Å². The molecule has 17 heavy (non-hydrogen) atoms. The van der Waals surface area contributed by atoms with Crippen molar-refractivity contribution in [3.63, 3.8) is 0 Å². The Balaban J connectivity index is 2.05. The summed E-state index contributed by atoms with van der Waals surface area (Å²) in [5, 5.41) is 20.4. The zero-order valence-corrected chi connectivity index (χ0v) is 9.22. The SMILES string of the molecule is N#CC1(C#N)C[C@H]1c1ccc2ccccc2c1. The summed E-state index contributed by atoms with van der Waals surface area (Å²) in [6.45, 7) is 0. The number of nitrogens with zero attached hydrogens (tertiary/aromatic N) is 2. The largest absolute Gasteiger partial charge is 0.197 e. The molecule has 80 valence electrons. The second-order valence-electron chi connectivity index (χ2n) is 4.56. The van der Waals surface area contributed by atoms with Gasteiger partial charge in [0.25, 0.3) is 0 Å². The van der Waals surface area contributed by atoms with Crippen molar-refractivity contribution in [2.24, 2.45) is 5.41 Å². The Bertz CT molecular complexity index is 659. The minimum Gasteiger partial charge on any atom is -0.197 e. The lowest BCUT2D eigenvalue weighted by atomic mass is 9.99. The van der Waals surface area contributed by atoms with Crippen molar-refractivity contribution in [3.05, 3.63) is 48.0 Å². The van der Waals surface area contributed by atoms with Crippen LogP contribution >= 0.6 is 0 Å². The lowest BCUT2D eigenvalue weighted by molar-refractivity contribution is 0.842. The first-order chi connectivity index (χ1) is 8.29. The molecule has 0 aromatic heterocycles. The molecule has 1 fully saturated rings. The zero-order chi connectivity index (χ0) is 11.9. The smallest absolute Gasteiger partial charge is 0.151 e. The van der Waals surface area contributed by atoms with Crippen LogP contribution in [0.3, 0.4) is 0 Å². The highest BCUT2D eigenvalue weighted by atomic mass is 14.6. The van der Waals surface area contributed by atoms with E-state index in [4.69, 9.17) is 10.5 Å². The molecule has 0 unspecified atom stereocenters. The van der Waals surface area contributed by atoms with Gasteiger partial charge in [0, 0.05) is 5.92 Å². The third kappa shape index (κ3) is 1.39. The molecule has 2 heteroatoms. The monoisotopic (exact) mass is 218 g/mol. The summed E-state index contributed by atoms with van der Waals surface area (Å²) < 4.78 is 0. The Labute approximate surface area is 99.7 Å². The first-order valence-corrected chi connectivity index (χ1v) is 5.60. The van der Waals surface area contributed by atoms with Gasteiger partial charge >= 0.3 is 0 Å². The molecule has 2 aromatic carbocycles. The minimum absolute atomic E-state index is 0.0853. The Kier molecular flexibility index (Phi) is 1.94. The van der Waals surface area contributed by atoms with Gasteiger partial charge in [-0.15, -0.1) is 0 Å². The molecule has 0 aliphatic heterocycles. The fourth-order valence-electron chi connectivity index (χ4n) is 2.36. The Morgan fingerprint density at radius 3 is 2.35 bits per heavy atom. The summed E-state index contributed by atoms with van der Waals surface area (Å²) >= 11 is 0. The van der Waals surface area contributed by atoms with E-state index in [1.165, 1.54) is 10.8 Å². The molecule has 0 amide bonds. The molecule has 0 bridgehead atoms. The first-order valence-electron chi connectivity index (χ1n) is 5.60. The van der Waals surface area contributed by atoms with Crippen LogP contribution in [0.4, 0.5) is 0 Å². The van der Waals surface area contributed by atoms with E-state index in [2.05, 4.69) is 36.4 Å². The van der Waals surface area contributed by atoms with Crippen molar-refractivity contribution in [1.29, 1.82) is 10.5 Å². The lowest BCUT2D eigenvalue weighted by Gasteiger charge is -2.03. The first kappa shape index (κ1) is 9.87. The van der Waals surface area contributed by atoms with Gasteiger partial charge in [0.1, 0.15) is 0 Å². The van der Waals surface area contributed by atoms with E-state index in [0.29, 0.717) is 6.42 Å². The number of fused-ring (bicyclic) bond motifs is 1. The van der Waals surface area contributed by atoms with Crippen LogP contribution in [0.25, 0.3) is 10.8 Å². The average molecular weight is 218 g/mol. The fourth-order valence-corrected chi connectivity index (χ4v) is 2.36. The van der Waals surface area contributed by atoms with Crippen LogP contribution in [0, 0.1) is 28.1 Å². The molecule has 1 aliphatic rings. The van der Waals surface area contributed by atoms with E-state index >= 15 is 0 Å². The van der Waals surface area contributed by atoms with Crippen LogP contribution in [0.2, 0.25) is 0 Å². The number of rotatable bonds is 1. The average Bonchev–Trinajstić information content (AvgIpc) is 3.13. The predicted molar refractivity (Wildman–Crippen MR) is 65.0 cm³/mol. The highest BCUT2D eigenvalue weighted by molar-refractivity contribution is 5.83. The Morgan fingerprint density at radius 2 is 1.71 bits per heavy atom. The molecule has 2 nitrogen and oxygen atoms in total. The van der Waals surface area contributed by atoms with Crippen LogP contribution < -0.4 is 0 Å². The zero-order valence-electron chi connectivity index (χ0n) is 9.22. The quantitative estimate of drug-likeness (QED) is 0.736. The maximum absolute atomic E-state index is 9.03. The van der Waals surface area contributed by atoms with Gasteiger partial charge in [-0.25, -0.2) is 0 Å².